The number of hydrogen-bond donors (Lipinski definition) is 1. The molecule has 0 aromatic heterocycles. The molecule has 2 nitrogen and oxygen atoms in total. The fourth-order valence-electron chi connectivity index (χ4n) is 6.41. The average molecular weight is 1050 g/mol. The molecule has 1 atom stereocenters. The second kappa shape index (κ2) is 12.2. The fraction of sp³-hybridized carbons (Fsp3) is 0.957. The molecule has 0 spiro atoms. The summed E-state index contributed by atoms with van der Waals surface area (Å²) in [6, 6.07) is 0. The van der Waals surface area contributed by atoms with E-state index in [-0.39, 0.29) is 0 Å². The van der Waals surface area contributed by atoms with Gasteiger partial charge in [0.15, 0.2) is 0 Å². The minimum atomic E-state index is -9.98. The lowest BCUT2D eigenvalue weighted by Crippen LogP contribution is -3.11. The predicted octanol–water partition coefficient (Wildman–Crippen LogP) is 11.1. The zero-order valence-corrected chi connectivity index (χ0v) is 27.2. The lowest BCUT2D eigenvalue weighted by atomic mass is 9.39. The molecule has 4 aliphatic rings. The first kappa shape index (κ1) is 55.1. The van der Waals surface area contributed by atoms with Crippen LogP contribution in [0, 0.1) is 0 Å². The topological polar surface area (TPSA) is 29.1 Å². The molecule has 378 valence electrons. The molecule has 0 aliphatic heterocycles. The largest absolute Gasteiger partial charge is 0.460 e. The lowest BCUT2D eigenvalue weighted by Gasteiger charge is -2.75. The summed E-state index contributed by atoms with van der Waals surface area (Å²) < 4.78 is 550. The zero-order valence-electron chi connectivity index (χ0n) is 27.2. The summed E-state index contributed by atoms with van der Waals surface area (Å²) in [5.74, 6) is -156. The Morgan fingerprint density at radius 3 is 0.797 bits per heavy atom. The van der Waals surface area contributed by atoms with E-state index in [1.165, 1.54) is 0 Å². The number of nitrogens with one attached hydrogen (secondary N) is 1. The molecule has 1 unspecified atom stereocenters. The highest BCUT2D eigenvalue weighted by molar-refractivity contribution is 5.87. The SMILES string of the molecule is O=C(NC12C(F)(F)C3(F)C(F)(F)C(F)(C(F)(F)C(F)(C3(F)F)C1(F)F)C2(F)F)C(F)(F)C(F)(F)C(F)(F)C(F)C(F)(F)C(F)(F)C(F)(F)C(F)(F)C(F)(F)C(F)(F)C(F)(F)C(F)(F)F. The van der Waals surface area contributed by atoms with Crippen LogP contribution in [0.3, 0.4) is 0 Å². The molecule has 4 fully saturated rings. The third kappa shape index (κ3) is 4.49. The minimum Gasteiger partial charge on any atom is -0.329 e. The Hall–Kier alpha value is -3.26. The quantitative estimate of drug-likeness (QED) is 0.194. The van der Waals surface area contributed by atoms with Crippen molar-refractivity contribution >= 4 is 5.91 Å². The maximum Gasteiger partial charge on any atom is 0.460 e. The Labute approximate surface area is 318 Å². The number of halogens is 39. The van der Waals surface area contributed by atoms with Crippen LogP contribution in [0.5, 0.6) is 0 Å². The van der Waals surface area contributed by atoms with Crippen LogP contribution >= 0.6 is 0 Å². The predicted molar refractivity (Wildman–Crippen MR) is 112 cm³/mol. The molecule has 4 aliphatic carbocycles. The Morgan fingerprint density at radius 2 is 0.547 bits per heavy atom. The van der Waals surface area contributed by atoms with Gasteiger partial charge in [0.2, 0.25) is 11.7 Å². The van der Waals surface area contributed by atoms with Crippen molar-refractivity contribution < 1.29 is 176 Å². The molecule has 0 radical (unpaired) electrons. The monoisotopic (exact) mass is 1050 g/mol. The second-order valence-corrected chi connectivity index (χ2v) is 13.3. The summed E-state index contributed by atoms with van der Waals surface area (Å²) in [6.45, 7) is 0. The zero-order chi connectivity index (χ0) is 52.4. The van der Waals surface area contributed by atoms with Gasteiger partial charge in [0, 0.05) is 0 Å². The molecule has 4 rings (SSSR count). The Kier molecular flexibility index (Phi) is 10.5. The van der Waals surface area contributed by atoms with Gasteiger partial charge in [-0.1, -0.05) is 0 Å². The number of amides is 1. The summed E-state index contributed by atoms with van der Waals surface area (Å²) in [5, 5.41) is -2.24. The highest BCUT2D eigenvalue weighted by Gasteiger charge is 3.23. The number of hydrogen-bond acceptors (Lipinski definition) is 1. The Morgan fingerprint density at radius 1 is 0.328 bits per heavy atom. The number of carbonyl (C=O) groups is 1. The van der Waals surface area contributed by atoms with E-state index >= 15 is 39.5 Å². The van der Waals surface area contributed by atoms with Crippen molar-refractivity contribution in [3.05, 3.63) is 0 Å². The highest BCUT2D eigenvalue weighted by atomic mass is 19.4. The van der Waals surface area contributed by atoms with Gasteiger partial charge in [0.25, 0.3) is 5.91 Å². The van der Waals surface area contributed by atoms with E-state index in [0.29, 0.717) is 0 Å². The van der Waals surface area contributed by atoms with Crippen LogP contribution in [-0.4, -0.2) is 136 Å². The van der Waals surface area contributed by atoms with Gasteiger partial charge < -0.3 is 5.32 Å². The molecule has 0 aromatic carbocycles. The van der Waals surface area contributed by atoms with E-state index in [0.717, 1.165) is 0 Å². The molecule has 4 bridgehead atoms. The molecule has 0 heterocycles. The molecular formula is C23H2F39NO. The molecule has 1 N–H and O–H groups in total. The van der Waals surface area contributed by atoms with Crippen molar-refractivity contribution in [2.45, 2.75) is 130 Å². The number of rotatable bonds is 12. The van der Waals surface area contributed by atoms with Crippen LogP contribution in [0.1, 0.15) is 0 Å². The second-order valence-electron chi connectivity index (χ2n) is 13.3. The molecule has 0 aromatic rings. The molecule has 1 amide bonds. The van der Waals surface area contributed by atoms with Crippen LogP contribution in [0.2, 0.25) is 0 Å². The first-order valence-corrected chi connectivity index (χ1v) is 14.2. The number of carbonyl (C=O) groups excluding carboxylic acids is 1. The van der Waals surface area contributed by atoms with Gasteiger partial charge in [0.1, 0.15) is 0 Å². The van der Waals surface area contributed by atoms with Crippen molar-refractivity contribution in [1.29, 1.82) is 0 Å². The van der Waals surface area contributed by atoms with Crippen molar-refractivity contribution in [2.75, 3.05) is 0 Å². The van der Waals surface area contributed by atoms with E-state index in [9.17, 15) is 137 Å². The van der Waals surface area contributed by atoms with E-state index in [1.807, 2.05) is 0 Å². The van der Waals surface area contributed by atoms with Crippen LogP contribution in [0.25, 0.3) is 0 Å². The Balaban J connectivity index is 2.29. The summed E-state index contributed by atoms with van der Waals surface area (Å²) in [7, 11) is 0. The van der Waals surface area contributed by atoms with Crippen molar-refractivity contribution in [2.24, 2.45) is 0 Å². The highest BCUT2D eigenvalue weighted by Crippen LogP contribution is 2.88. The first-order valence-electron chi connectivity index (χ1n) is 14.2. The maximum absolute atomic E-state index is 15.1. The number of alkyl halides is 39. The third-order valence-electron chi connectivity index (χ3n) is 10.1. The van der Waals surface area contributed by atoms with E-state index in [1.54, 1.807) is 0 Å². The molecule has 64 heavy (non-hydrogen) atoms. The van der Waals surface area contributed by atoms with Crippen molar-refractivity contribution in [3.8, 4) is 0 Å². The standard InChI is InChI=1S/C23H2F39NO/c24-1(4(27,28)11(36,37)18(50,51)19(52,53)20(54,55)21(56,57)22(58,59)23(60,61)62)3(25,26)10(34,35)5(29,30)2(64)63-9-15(44,45)6(31)12(38,39)7(32,16(9,46)47)14(42,43)8(33,13(6,40)41)17(9,48)49/h1H,(H,63,64). The van der Waals surface area contributed by atoms with E-state index in [4.69, 9.17) is 0 Å². The normalized spacial score (nSPS) is 32.4. The molecular weight excluding hydrogens is 1050 g/mol. The Bertz CT molecular complexity index is 1810. The van der Waals surface area contributed by atoms with Crippen molar-refractivity contribution in [1.82, 2.24) is 5.32 Å². The van der Waals surface area contributed by atoms with Gasteiger partial charge in [-0.15, -0.1) is 0 Å². The summed E-state index contributed by atoms with van der Waals surface area (Å²) >= 11 is 0. The van der Waals surface area contributed by atoms with E-state index in [2.05, 4.69) is 0 Å². The average Bonchev–Trinajstić information content (AvgIpc) is 3.08. The van der Waals surface area contributed by atoms with Gasteiger partial charge in [-0.25, -0.2) is 17.6 Å². The van der Waals surface area contributed by atoms with Crippen LogP contribution < -0.4 is 5.32 Å². The molecule has 0 saturated heterocycles. The van der Waals surface area contributed by atoms with Crippen LogP contribution in [-0.2, 0) is 4.79 Å². The third-order valence-corrected chi connectivity index (χ3v) is 10.1. The smallest absolute Gasteiger partial charge is 0.329 e. The first-order chi connectivity index (χ1) is 27.0. The summed E-state index contributed by atoms with van der Waals surface area (Å²) in [6.07, 6.45) is -16.8. The fourth-order valence-corrected chi connectivity index (χ4v) is 6.41. The maximum atomic E-state index is 15.1. The van der Waals surface area contributed by atoms with Gasteiger partial charge in [-0.3, -0.25) is 4.79 Å². The van der Waals surface area contributed by atoms with E-state index < -0.39 is 141 Å². The van der Waals surface area contributed by atoms with Gasteiger partial charge in [-0.05, 0) is 0 Å². The summed E-state index contributed by atoms with van der Waals surface area (Å²) in [4.78, 5) is 11.8. The van der Waals surface area contributed by atoms with Crippen molar-refractivity contribution in [3.63, 3.8) is 0 Å². The molecule has 41 heteroatoms. The lowest BCUT2D eigenvalue weighted by molar-refractivity contribution is -0.594. The summed E-state index contributed by atoms with van der Waals surface area (Å²) in [5.41, 5.74) is -35.8. The van der Waals surface area contributed by atoms with Gasteiger partial charge in [-0.2, -0.15) is 154 Å². The van der Waals surface area contributed by atoms with Gasteiger partial charge in [0.05, 0.1) is 0 Å². The van der Waals surface area contributed by atoms with Crippen LogP contribution in [0.15, 0.2) is 0 Å². The van der Waals surface area contributed by atoms with Crippen LogP contribution in [0.4, 0.5) is 171 Å². The molecule has 4 saturated carbocycles. The van der Waals surface area contributed by atoms with Gasteiger partial charge >= 0.3 is 118 Å². The minimum absolute atomic E-state index is 2.24.